The van der Waals surface area contributed by atoms with Crippen molar-refractivity contribution in [1.82, 2.24) is 19.9 Å². The van der Waals surface area contributed by atoms with Crippen LogP contribution >= 0.6 is 0 Å². The number of hydrogen-bond acceptors (Lipinski definition) is 5. The number of likely N-dealkylation sites (tertiary alicyclic amines) is 1. The predicted octanol–water partition coefficient (Wildman–Crippen LogP) is 4.38. The lowest BCUT2D eigenvalue weighted by molar-refractivity contribution is -0.274. The number of benzene rings is 1. The van der Waals surface area contributed by atoms with Gasteiger partial charge in [0.1, 0.15) is 17.1 Å². The molecule has 0 saturated carbocycles. The Balaban J connectivity index is 1.30. The zero-order chi connectivity index (χ0) is 23.0. The maximum atomic E-state index is 12.9. The number of imidazole rings is 1. The van der Waals surface area contributed by atoms with Crippen LogP contribution in [0.2, 0.25) is 0 Å². The molecule has 1 N–H and O–H groups in total. The standard InChI is InChI=1S/C23H23F3N4O3/c24-23(25,26)33-17-3-1-15(2-4-17)22(31)30-10-6-16(13-30)18-5-9-27-21-19(18)28-20(29-21)14-7-11-32-12-8-14/h1-5,9,14,16H,6-8,10-13H2,(H,27,28,29)/t16-/m0/s1. The molecule has 0 bridgehead atoms. The molecule has 174 valence electrons. The number of alkyl halides is 3. The van der Waals surface area contributed by atoms with E-state index < -0.39 is 6.36 Å². The summed E-state index contributed by atoms with van der Waals surface area (Å²) in [7, 11) is 0. The van der Waals surface area contributed by atoms with Crippen molar-refractivity contribution in [3.05, 3.63) is 53.5 Å². The molecular weight excluding hydrogens is 437 g/mol. The second-order valence-electron chi connectivity index (χ2n) is 8.42. The highest BCUT2D eigenvalue weighted by atomic mass is 19.4. The van der Waals surface area contributed by atoms with Gasteiger partial charge in [0.25, 0.3) is 5.91 Å². The van der Waals surface area contributed by atoms with E-state index in [1.807, 2.05) is 6.07 Å². The van der Waals surface area contributed by atoms with Crippen molar-refractivity contribution < 1.29 is 27.4 Å². The van der Waals surface area contributed by atoms with Gasteiger partial charge < -0.3 is 19.4 Å². The number of aromatic amines is 1. The minimum absolute atomic E-state index is 0.109. The van der Waals surface area contributed by atoms with E-state index in [2.05, 4.69) is 14.7 Å². The van der Waals surface area contributed by atoms with Crippen molar-refractivity contribution in [3.8, 4) is 5.75 Å². The molecule has 1 aromatic carbocycles. The van der Waals surface area contributed by atoms with Gasteiger partial charge in [-0.3, -0.25) is 4.79 Å². The lowest BCUT2D eigenvalue weighted by Gasteiger charge is -2.19. The molecule has 2 aromatic heterocycles. The Kier molecular flexibility index (Phi) is 5.69. The van der Waals surface area contributed by atoms with Crippen LogP contribution in [-0.2, 0) is 4.74 Å². The maximum Gasteiger partial charge on any atom is 0.573 e. The highest BCUT2D eigenvalue weighted by molar-refractivity contribution is 5.94. The fourth-order valence-electron chi connectivity index (χ4n) is 4.62. The number of hydrogen-bond donors (Lipinski definition) is 1. The fourth-order valence-corrected chi connectivity index (χ4v) is 4.62. The second kappa shape index (κ2) is 8.66. The second-order valence-corrected chi connectivity index (χ2v) is 8.42. The number of carbonyl (C=O) groups is 1. The van der Waals surface area contributed by atoms with E-state index in [4.69, 9.17) is 9.72 Å². The molecule has 0 unspecified atom stereocenters. The van der Waals surface area contributed by atoms with Crippen molar-refractivity contribution >= 4 is 17.1 Å². The molecule has 4 heterocycles. The molecule has 10 heteroatoms. The van der Waals surface area contributed by atoms with Crippen LogP contribution in [-0.4, -0.2) is 58.4 Å². The van der Waals surface area contributed by atoms with Crippen LogP contribution in [0.1, 0.15) is 52.8 Å². The summed E-state index contributed by atoms with van der Waals surface area (Å²) in [6.45, 7) is 2.53. The Hall–Kier alpha value is -3.14. The number of pyridine rings is 1. The first-order valence-electron chi connectivity index (χ1n) is 10.9. The van der Waals surface area contributed by atoms with Crippen molar-refractivity contribution in [1.29, 1.82) is 0 Å². The highest BCUT2D eigenvalue weighted by Gasteiger charge is 2.32. The molecule has 2 aliphatic rings. The summed E-state index contributed by atoms with van der Waals surface area (Å²) in [6, 6.07) is 6.98. The molecular formula is C23H23F3N4O3. The molecule has 5 rings (SSSR count). The first-order chi connectivity index (χ1) is 15.9. The van der Waals surface area contributed by atoms with Crippen LogP contribution in [0.15, 0.2) is 36.5 Å². The smallest absolute Gasteiger partial charge is 0.406 e. The van der Waals surface area contributed by atoms with Gasteiger partial charge in [0.2, 0.25) is 0 Å². The van der Waals surface area contributed by atoms with Gasteiger partial charge in [0, 0.05) is 49.9 Å². The minimum Gasteiger partial charge on any atom is -0.406 e. The molecule has 3 aromatic rings. The minimum atomic E-state index is -4.76. The molecule has 33 heavy (non-hydrogen) atoms. The largest absolute Gasteiger partial charge is 0.573 e. The van der Waals surface area contributed by atoms with Crippen LogP contribution in [0.3, 0.4) is 0 Å². The highest BCUT2D eigenvalue weighted by Crippen LogP contribution is 2.34. The lowest BCUT2D eigenvalue weighted by atomic mass is 9.98. The van der Waals surface area contributed by atoms with Gasteiger partial charge in [-0.15, -0.1) is 13.2 Å². The lowest BCUT2D eigenvalue weighted by Crippen LogP contribution is -2.28. The van der Waals surface area contributed by atoms with E-state index in [1.54, 1.807) is 11.1 Å². The van der Waals surface area contributed by atoms with Crippen LogP contribution < -0.4 is 4.74 Å². The van der Waals surface area contributed by atoms with Gasteiger partial charge in [-0.1, -0.05) is 0 Å². The molecule has 0 spiro atoms. The van der Waals surface area contributed by atoms with Crippen LogP contribution in [0, 0.1) is 0 Å². The van der Waals surface area contributed by atoms with Gasteiger partial charge in [-0.05, 0) is 55.2 Å². The van der Waals surface area contributed by atoms with Crippen LogP contribution in [0.5, 0.6) is 5.75 Å². The van der Waals surface area contributed by atoms with E-state index in [1.165, 1.54) is 12.1 Å². The average Bonchev–Trinajstić information content (AvgIpc) is 3.46. The van der Waals surface area contributed by atoms with Gasteiger partial charge in [0.05, 0.1) is 0 Å². The number of carbonyl (C=O) groups excluding carboxylic acids is 1. The van der Waals surface area contributed by atoms with Crippen molar-refractivity contribution in [2.75, 3.05) is 26.3 Å². The topological polar surface area (TPSA) is 80.3 Å². The predicted molar refractivity (Wildman–Crippen MR) is 113 cm³/mol. The molecule has 2 fully saturated rings. The maximum absolute atomic E-state index is 12.9. The summed E-state index contributed by atoms with van der Waals surface area (Å²) in [6.07, 6.45) is -0.380. The van der Waals surface area contributed by atoms with Crippen LogP contribution in [0.4, 0.5) is 13.2 Å². The molecule has 2 saturated heterocycles. The summed E-state index contributed by atoms with van der Waals surface area (Å²) in [5.74, 6) is 0.799. The molecule has 2 aliphatic heterocycles. The summed E-state index contributed by atoms with van der Waals surface area (Å²) < 4.78 is 46.4. The van der Waals surface area contributed by atoms with Gasteiger partial charge in [-0.25, -0.2) is 9.97 Å². The molecule has 1 amide bonds. The fraction of sp³-hybridized carbons (Fsp3) is 0.435. The number of rotatable bonds is 4. The van der Waals surface area contributed by atoms with Crippen molar-refractivity contribution in [3.63, 3.8) is 0 Å². The number of halogens is 3. The number of H-pyrrole nitrogens is 1. The average molecular weight is 460 g/mol. The molecule has 0 radical (unpaired) electrons. The Bertz CT molecular complexity index is 1140. The van der Waals surface area contributed by atoms with Gasteiger partial charge >= 0.3 is 6.36 Å². The van der Waals surface area contributed by atoms with E-state index >= 15 is 0 Å². The number of fused-ring (bicyclic) bond motifs is 1. The number of nitrogens with zero attached hydrogens (tertiary/aromatic N) is 3. The first-order valence-corrected chi connectivity index (χ1v) is 10.9. The zero-order valence-corrected chi connectivity index (χ0v) is 17.8. The Morgan fingerprint density at radius 1 is 1.09 bits per heavy atom. The summed E-state index contributed by atoms with van der Waals surface area (Å²) in [5, 5.41) is 0. The number of nitrogens with one attached hydrogen (secondary N) is 1. The number of amides is 1. The Morgan fingerprint density at radius 2 is 1.85 bits per heavy atom. The molecule has 7 nitrogen and oxygen atoms in total. The normalized spacial score (nSPS) is 19.8. The van der Waals surface area contributed by atoms with Crippen molar-refractivity contribution in [2.45, 2.75) is 37.5 Å². The number of aromatic nitrogens is 3. The molecule has 0 aliphatic carbocycles. The van der Waals surface area contributed by atoms with E-state index in [0.29, 0.717) is 24.6 Å². The van der Waals surface area contributed by atoms with E-state index in [-0.39, 0.29) is 17.6 Å². The van der Waals surface area contributed by atoms with Crippen LogP contribution in [0.25, 0.3) is 11.2 Å². The summed E-state index contributed by atoms with van der Waals surface area (Å²) >= 11 is 0. The quantitative estimate of drug-likeness (QED) is 0.625. The van der Waals surface area contributed by atoms with E-state index in [0.717, 1.165) is 67.2 Å². The third kappa shape index (κ3) is 4.66. The number of ether oxygens (including phenoxy) is 2. The third-order valence-electron chi connectivity index (χ3n) is 6.29. The first kappa shape index (κ1) is 21.7. The van der Waals surface area contributed by atoms with Gasteiger partial charge in [-0.2, -0.15) is 0 Å². The van der Waals surface area contributed by atoms with Crippen molar-refractivity contribution in [2.24, 2.45) is 0 Å². The third-order valence-corrected chi connectivity index (χ3v) is 6.29. The monoisotopic (exact) mass is 460 g/mol. The SMILES string of the molecule is O=C(c1ccc(OC(F)(F)F)cc1)N1CC[C@H](c2ccnc3[nH]c(C4CCOCC4)nc23)C1. The summed E-state index contributed by atoms with van der Waals surface area (Å²) in [5.41, 5.74) is 2.97. The zero-order valence-electron chi connectivity index (χ0n) is 17.8. The Labute approximate surface area is 187 Å². The van der Waals surface area contributed by atoms with Gasteiger partial charge in [0.15, 0.2) is 5.65 Å². The Morgan fingerprint density at radius 3 is 2.58 bits per heavy atom. The van der Waals surface area contributed by atoms with E-state index in [9.17, 15) is 18.0 Å². The summed E-state index contributed by atoms with van der Waals surface area (Å²) in [4.78, 5) is 27.3. The molecule has 1 atom stereocenters.